The second-order valence-electron chi connectivity index (χ2n) is 18.2. The minimum Gasteiger partial charge on any atom is -0.309 e. The van der Waals surface area contributed by atoms with Gasteiger partial charge in [-0.05, 0) is 95.8 Å². The highest BCUT2D eigenvalue weighted by molar-refractivity contribution is 6.12. The van der Waals surface area contributed by atoms with Gasteiger partial charge < -0.3 is 9.13 Å². The van der Waals surface area contributed by atoms with Crippen LogP contribution in [0.25, 0.3) is 123 Å². The molecule has 0 saturated carbocycles. The summed E-state index contributed by atoms with van der Waals surface area (Å²) < 4.78 is 4.81. The number of aromatic nitrogens is 5. The molecule has 330 valence electrons. The average molecular weight is 896 g/mol. The first-order valence-corrected chi connectivity index (χ1v) is 23.8. The number of hydrogen-bond acceptors (Lipinski definition) is 3. The van der Waals surface area contributed by atoms with E-state index < -0.39 is 0 Å². The number of aryl methyl sites for hydroxylation is 2. The number of benzene rings is 10. The van der Waals surface area contributed by atoms with Crippen molar-refractivity contribution in [2.75, 3.05) is 0 Å². The molecule has 70 heavy (non-hydrogen) atoms. The van der Waals surface area contributed by atoms with E-state index in [-0.39, 0.29) is 0 Å². The molecule has 0 bridgehead atoms. The largest absolute Gasteiger partial charge is 0.309 e. The summed E-state index contributed by atoms with van der Waals surface area (Å²) in [7, 11) is 0. The highest BCUT2D eigenvalue weighted by Crippen LogP contribution is 2.42. The van der Waals surface area contributed by atoms with Crippen molar-refractivity contribution in [3.8, 4) is 78.9 Å². The number of hydrogen-bond donors (Lipinski definition) is 0. The molecule has 0 aliphatic heterocycles. The molecule has 13 aromatic rings. The maximum atomic E-state index is 5.40. The van der Waals surface area contributed by atoms with E-state index in [4.69, 9.17) is 15.0 Å². The minimum absolute atomic E-state index is 0.586. The second-order valence-corrected chi connectivity index (χ2v) is 18.2. The first-order chi connectivity index (χ1) is 34.5. The van der Waals surface area contributed by atoms with Crippen LogP contribution in [0.5, 0.6) is 0 Å². The minimum atomic E-state index is 0.586. The lowest BCUT2D eigenvalue weighted by Gasteiger charge is -2.17. The molecular weight excluding hydrogens is 851 g/mol. The SMILES string of the molecule is Cc1ccc(-c2ccc3c4ccc(-c5ccc(C)cc5)cc4n(-c4ccc(-c5ccc6c7ccccc7n(-c7ccccc7)c6c5)cc4-c4nc(-c5ccccc5)nc(-c5ccccc5)n4)c3c2)cc1. The molecule has 0 aliphatic carbocycles. The van der Waals surface area contributed by atoms with Crippen molar-refractivity contribution in [1.82, 2.24) is 24.1 Å². The fourth-order valence-corrected chi connectivity index (χ4v) is 10.2. The Bertz CT molecular complexity index is 3940. The van der Waals surface area contributed by atoms with Gasteiger partial charge in [-0.25, -0.2) is 15.0 Å². The second kappa shape index (κ2) is 16.8. The normalized spacial score (nSPS) is 11.6. The fraction of sp³-hybridized carbons (Fsp3) is 0.0308. The van der Waals surface area contributed by atoms with E-state index in [1.54, 1.807) is 0 Å². The Morgan fingerprint density at radius 1 is 0.271 bits per heavy atom. The molecule has 0 saturated heterocycles. The maximum absolute atomic E-state index is 5.40. The summed E-state index contributed by atoms with van der Waals surface area (Å²) >= 11 is 0. The molecule has 0 radical (unpaired) electrons. The van der Waals surface area contributed by atoms with E-state index in [0.717, 1.165) is 66.9 Å². The van der Waals surface area contributed by atoms with Crippen molar-refractivity contribution in [1.29, 1.82) is 0 Å². The van der Waals surface area contributed by atoms with Crippen LogP contribution in [-0.2, 0) is 0 Å². The van der Waals surface area contributed by atoms with Crippen LogP contribution < -0.4 is 0 Å². The molecule has 13 rings (SSSR count). The van der Waals surface area contributed by atoms with Gasteiger partial charge in [-0.3, -0.25) is 0 Å². The predicted molar refractivity (Wildman–Crippen MR) is 291 cm³/mol. The van der Waals surface area contributed by atoms with Crippen molar-refractivity contribution < 1.29 is 0 Å². The number of fused-ring (bicyclic) bond motifs is 6. The van der Waals surface area contributed by atoms with E-state index in [1.807, 2.05) is 36.4 Å². The first kappa shape index (κ1) is 41.0. The van der Waals surface area contributed by atoms with Gasteiger partial charge in [-0.15, -0.1) is 0 Å². The standard InChI is InChI=1S/C65H45N5/c1-42-22-26-44(27-23-42)49-30-34-55-56-35-31-50(45-28-24-43(2)25-29-45)40-62(56)70(61(55)39-49)59-37-33-48(51-32-36-54-53-20-12-13-21-58(53)69(60(54)41-51)52-18-10-5-11-19-52)38-57(59)65-67-63(46-14-6-3-7-15-46)66-64(68-65)47-16-8-4-9-17-47/h3-41H,1-2H3. The predicted octanol–water partition coefficient (Wildman–Crippen LogP) is 16.7. The summed E-state index contributed by atoms with van der Waals surface area (Å²) in [6, 6.07) is 84.9. The topological polar surface area (TPSA) is 48.5 Å². The third-order valence-corrected chi connectivity index (χ3v) is 13.7. The molecule has 0 fully saturated rings. The monoisotopic (exact) mass is 895 g/mol. The lowest BCUT2D eigenvalue weighted by Crippen LogP contribution is -2.04. The molecule has 0 spiro atoms. The van der Waals surface area contributed by atoms with Crippen LogP contribution in [0, 0.1) is 13.8 Å². The zero-order valence-corrected chi connectivity index (χ0v) is 38.8. The van der Waals surface area contributed by atoms with Gasteiger partial charge >= 0.3 is 0 Å². The van der Waals surface area contributed by atoms with Crippen LogP contribution in [0.1, 0.15) is 11.1 Å². The Morgan fingerprint density at radius 2 is 0.657 bits per heavy atom. The molecule has 0 N–H and O–H groups in total. The molecule has 0 amide bonds. The highest BCUT2D eigenvalue weighted by Gasteiger charge is 2.22. The third-order valence-electron chi connectivity index (χ3n) is 13.7. The molecule has 10 aromatic carbocycles. The van der Waals surface area contributed by atoms with Crippen molar-refractivity contribution in [3.63, 3.8) is 0 Å². The molecule has 3 aromatic heterocycles. The molecule has 5 nitrogen and oxygen atoms in total. The highest BCUT2D eigenvalue weighted by atomic mass is 15.1. The summed E-state index contributed by atoms with van der Waals surface area (Å²) in [5.74, 6) is 1.81. The van der Waals surface area contributed by atoms with Gasteiger partial charge in [-0.1, -0.05) is 199 Å². The van der Waals surface area contributed by atoms with Gasteiger partial charge in [0.15, 0.2) is 17.5 Å². The number of para-hydroxylation sites is 2. The van der Waals surface area contributed by atoms with Crippen molar-refractivity contribution in [2.45, 2.75) is 13.8 Å². The van der Waals surface area contributed by atoms with Crippen molar-refractivity contribution in [2.24, 2.45) is 0 Å². The third kappa shape index (κ3) is 7.15. The Labute approximate surface area is 406 Å². The average Bonchev–Trinajstić information content (AvgIpc) is 3.93. The van der Waals surface area contributed by atoms with Gasteiger partial charge in [0.05, 0.1) is 27.8 Å². The van der Waals surface area contributed by atoms with Crippen molar-refractivity contribution in [3.05, 3.63) is 248 Å². The summed E-state index contributed by atoms with van der Waals surface area (Å²) in [6.07, 6.45) is 0. The Morgan fingerprint density at radius 3 is 1.19 bits per heavy atom. The van der Waals surface area contributed by atoms with E-state index in [9.17, 15) is 0 Å². The number of nitrogens with zero attached hydrogens (tertiary/aromatic N) is 5. The van der Waals surface area contributed by atoms with E-state index in [0.29, 0.717) is 17.5 Å². The summed E-state index contributed by atoms with van der Waals surface area (Å²) in [6.45, 7) is 4.27. The van der Waals surface area contributed by atoms with Crippen LogP contribution in [0.15, 0.2) is 237 Å². The lowest BCUT2D eigenvalue weighted by molar-refractivity contribution is 1.06. The zero-order chi connectivity index (χ0) is 46.7. The Kier molecular flexibility index (Phi) is 9.88. The molecule has 3 heterocycles. The summed E-state index contributed by atoms with van der Waals surface area (Å²) in [4.78, 5) is 15.9. The molecule has 0 atom stereocenters. The van der Waals surface area contributed by atoms with E-state index in [1.165, 1.54) is 49.3 Å². The molecular formula is C65H45N5. The molecule has 0 aliphatic rings. The Balaban J connectivity index is 1.11. The number of rotatable bonds is 8. The van der Waals surface area contributed by atoms with Crippen molar-refractivity contribution >= 4 is 43.6 Å². The van der Waals surface area contributed by atoms with Gasteiger partial charge in [0.2, 0.25) is 0 Å². The van der Waals surface area contributed by atoms with Gasteiger partial charge in [0, 0.05) is 43.9 Å². The van der Waals surface area contributed by atoms with Crippen LogP contribution in [0.2, 0.25) is 0 Å². The van der Waals surface area contributed by atoms with Gasteiger partial charge in [0.25, 0.3) is 0 Å². The van der Waals surface area contributed by atoms with Crippen LogP contribution in [0.3, 0.4) is 0 Å². The van der Waals surface area contributed by atoms with Gasteiger partial charge in [-0.2, -0.15) is 0 Å². The lowest BCUT2D eigenvalue weighted by atomic mass is 9.99. The quantitative estimate of drug-likeness (QED) is 0.153. The smallest absolute Gasteiger partial charge is 0.166 e. The molecule has 0 unspecified atom stereocenters. The fourth-order valence-electron chi connectivity index (χ4n) is 10.2. The molecule has 5 heteroatoms. The van der Waals surface area contributed by atoms with Gasteiger partial charge in [0.1, 0.15) is 0 Å². The van der Waals surface area contributed by atoms with Crippen LogP contribution in [0.4, 0.5) is 0 Å². The summed E-state index contributed by atoms with van der Waals surface area (Å²) in [5.41, 5.74) is 18.5. The van der Waals surface area contributed by atoms with E-state index in [2.05, 4.69) is 223 Å². The maximum Gasteiger partial charge on any atom is 0.166 e. The van der Waals surface area contributed by atoms with Crippen LogP contribution >= 0.6 is 0 Å². The first-order valence-electron chi connectivity index (χ1n) is 23.8. The summed E-state index contributed by atoms with van der Waals surface area (Å²) in [5, 5.41) is 4.76. The Hall–Kier alpha value is -9.19. The van der Waals surface area contributed by atoms with E-state index >= 15 is 0 Å². The van der Waals surface area contributed by atoms with Crippen LogP contribution in [-0.4, -0.2) is 24.1 Å². The zero-order valence-electron chi connectivity index (χ0n) is 38.8.